The molecular formula is C13H19N3O3. The number of nitrogens with one attached hydrogen (secondary N) is 1. The minimum absolute atomic E-state index is 0.0672. The molecule has 0 bridgehead atoms. The summed E-state index contributed by atoms with van der Waals surface area (Å²) < 4.78 is 0. The molecule has 19 heavy (non-hydrogen) atoms. The number of aliphatic carboxylic acids is 1. The summed E-state index contributed by atoms with van der Waals surface area (Å²) in [5, 5.41) is 11.9. The highest BCUT2D eigenvalue weighted by Crippen LogP contribution is 2.12. The molecule has 1 amide bonds. The summed E-state index contributed by atoms with van der Waals surface area (Å²) in [5.74, 6) is -0.693. The molecule has 1 aromatic heterocycles. The van der Waals surface area contributed by atoms with Gasteiger partial charge in [0.1, 0.15) is 11.9 Å². The van der Waals surface area contributed by atoms with E-state index >= 15 is 0 Å². The minimum Gasteiger partial charge on any atom is -0.480 e. The molecule has 1 heterocycles. The number of carbonyl (C=O) groups is 2. The zero-order chi connectivity index (χ0) is 14.6. The summed E-state index contributed by atoms with van der Waals surface area (Å²) >= 11 is 0. The Balaban J connectivity index is 2.82. The Labute approximate surface area is 112 Å². The van der Waals surface area contributed by atoms with Gasteiger partial charge in [-0.1, -0.05) is 13.8 Å². The monoisotopic (exact) mass is 265 g/mol. The van der Waals surface area contributed by atoms with Crippen LogP contribution in [0.2, 0.25) is 0 Å². The molecule has 104 valence electrons. The number of pyridine rings is 1. The van der Waals surface area contributed by atoms with Gasteiger partial charge >= 0.3 is 5.97 Å². The SMILES string of the molecule is CC(C)C(Nc1ccc(C(=O)N(C)C)cn1)C(=O)O. The Bertz CT molecular complexity index is 455. The van der Waals surface area contributed by atoms with Gasteiger partial charge in [-0.2, -0.15) is 0 Å². The molecule has 0 aliphatic rings. The van der Waals surface area contributed by atoms with E-state index in [-0.39, 0.29) is 11.8 Å². The van der Waals surface area contributed by atoms with Crippen molar-refractivity contribution in [2.45, 2.75) is 19.9 Å². The zero-order valence-corrected chi connectivity index (χ0v) is 11.5. The van der Waals surface area contributed by atoms with Gasteiger partial charge in [-0.3, -0.25) is 4.79 Å². The largest absolute Gasteiger partial charge is 0.480 e. The number of hydrogen-bond acceptors (Lipinski definition) is 4. The Kier molecular flexibility index (Phi) is 4.86. The van der Waals surface area contributed by atoms with Crippen molar-refractivity contribution in [1.29, 1.82) is 0 Å². The first-order valence-corrected chi connectivity index (χ1v) is 6.00. The molecule has 0 aliphatic heterocycles. The predicted molar refractivity (Wildman–Crippen MR) is 72.1 cm³/mol. The molecule has 0 spiro atoms. The molecular weight excluding hydrogens is 246 g/mol. The summed E-state index contributed by atoms with van der Waals surface area (Å²) in [6.45, 7) is 3.63. The fraction of sp³-hybridized carbons (Fsp3) is 0.462. The van der Waals surface area contributed by atoms with Crippen molar-refractivity contribution in [2.24, 2.45) is 5.92 Å². The summed E-state index contributed by atoms with van der Waals surface area (Å²) in [6.07, 6.45) is 1.43. The molecule has 0 saturated carbocycles. The van der Waals surface area contributed by atoms with Crippen LogP contribution in [0.4, 0.5) is 5.82 Å². The van der Waals surface area contributed by atoms with Gasteiger partial charge < -0.3 is 15.3 Å². The molecule has 6 nitrogen and oxygen atoms in total. The van der Waals surface area contributed by atoms with Crippen LogP contribution in [0.1, 0.15) is 24.2 Å². The van der Waals surface area contributed by atoms with Crippen molar-refractivity contribution < 1.29 is 14.7 Å². The number of carboxylic acid groups (broad SMARTS) is 1. The Morgan fingerprint density at radius 1 is 1.32 bits per heavy atom. The number of anilines is 1. The lowest BCUT2D eigenvalue weighted by Crippen LogP contribution is -2.34. The van der Waals surface area contributed by atoms with Gasteiger partial charge in [-0.15, -0.1) is 0 Å². The minimum atomic E-state index is -0.926. The lowest BCUT2D eigenvalue weighted by Gasteiger charge is -2.18. The van der Waals surface area contributed by atoms with Crippen LogP contribution in [0.3, 0.4) is 0 Å². The number of carbonyl (C=O) groups excluding carboxylic acids is 1. The number of carboxylic acids is 1. The molecule has 6 heteroatoms. The van der Waals surface area contributed by atoms with Gasteiger partial charge in [0.05, 0.1) is 5.56 Å². The van der Waals surface area contributed by atoms with Crippen molar-refractivity contribution in [3.05, 3.63) is 23.9 Å². The zero-order valence-electron chi connectivity index (χ0n) is 11.5. The first-order valence-electron chi connectivity index (χ1n) is 6.00. The third kappa shape index (κ3) is 3.94. The van der Waals surface area contributed by atoms with Crippen LogP contribution in [-0.2, 0) is 4.79 Å². The highest BCUT2D eigenvalue weighted by molar-refractivity contribution is 5.93. The third-order valence-electron chi connectivity index (χ3n) is 2.65. The van der Waals surface area contributed by atoms with Gasteiger partial charge in [0, 0.05) is 20.3 Å². The highest BCUT2D eigenvalue weighted by atomic mass is 16.4. The predicted octanol–water partition coefficient (Wildman–Crippen LogP) is 1.30. The molecule has 1 unspecified atom stereocenters. The van der Waals surface area contributed by atoms with E-state index in [1.165, 1.54) is 11.1 Å². The fourth-order valence-corrected chi connectivity index (χ4v) is 1.54. The number of hydrogen-bond donors (Lipinski definition) is 2. The molecule has 0 aromatic carbocycles. The summed E-state index contributed by atoms with van der Waals surface area (Å²) in [6, 6.07) is 2.52. The lowest BCUT2D eigenvalue weighted by molar-refractivity contribution is -0.138. The topological polar surface area (TPSA) is 82.5 Å². The second-order valence-electron chi connectivity index (χ2n) is 4.84. The van der Waals surface area contributed by atoms with E-state index in [2.05, 4.69) is 10.3 Å². The highest BCUT2D eigenvalue weighted by Gasteiger charge is 2.21. The number of rotatable bonds is 5. The van der Waals surface area contributed by atoms with Gasteiger partial charge in [0.15, 0.2) is 0 Å². The van der Waals surface area contributed by atoms with E-state index in [1.807, 2.05) is 13.8 Å². The van der Waals surface area contributed by atoms with Crippen LogP contribution in [0, 0.1) is 5.92 Å². The first kappa shape index (κ1) is 14.9. The maximum atomic E-state index is 11.7. The van der Waals surface area contributed by atoms with Gasteiger partial charge in [0.2, 0.25) is 0 Å². The summed E-state index contributed by atoms with van der Waals surface area (Å²) in [5.41, 5.74) is 0.465. The molecule has 0 radical (unpaired) electrons. The fourth-order valence-electron chi connectivity index (χ4n) is 1.54. The molecule has 0 aliphatic carbocycles. The quantitative estimate of drug-likeness (QED) is 0.838. The molecule has 2 N–H and O–H groups in total. The number of amides is 1. The van der Waals surface area contributed by atoms with Crippen LogP contribution in [0.5, 0.6) is 0 Å². The van der Waals surface area contributed by atoms with Crippen molar-refractivity contribution in [3.8, 4) is 0 Å². The second-order valence-corrected chi connectivity index (χ2v) is 4.84. The van der Waals surface area contributed by atoms with E-state index in [4.69, 9.17) is 5.11 Å². The maximum Gasteiger partial charge on any atom is 0.326 e. The Morgan fingerprint density at radius 2 is 1.95 bits per heavy atom. The van der Waals surface area contributed by atoms with Crippen molar-refractivity contribution in [1.82, 2.24) is 9.88 Å². The maximum absolute atomic E-state index is 11.7. The second kappa shape index (κ2) is 6.17. The van der Waals surface area contributed by atoms with Crippen LogP contribution in [0.15, 0.2) is 18.3 Å². The van der Waals surface area contributed by atoms with E-state index in [9.17, 15) is 9.59 Å². The smallest absolute Gasteiger partial charge is 0.326 e. The van der Waals surface area contributed by atoms with Gasteiger partial charge in [-0.25, -0.2) is 9.78 Å². The number of nitrogens with zero attached hydrogens (tertiary/aromatic N) is 2. The van der Waals surface area contributed by atoms with E-state index in [0.29, 0.717) is 11.4 Å². The van der Waals surface area contributed by atoms with Gasteiger partial charge in [-0.05, 0) is 18.1 Å². The van der Waals surface area contributed by atoms with E-state index < -0.39 is 12.0 Å². The first-order chi connectivity index (χ1) is 8.82. The summed E-state index contributed by atoms with van der Waals surface area (Å²) in [4.78, 5) is 28.2. The van der Waals surface area contributed by atoms with Gasteiger partial charge in [0.25, 0.3) is 5.91 Å². The van der Waals surface area contributed by atoms with Crippen LogP contribution in [0.25, 0.3) is 0 Å². The summed E-state index contributed by atoms with van der Waals surface area (Å²) in [7, 11) is 3.32. The average molecular weight is 265 g/mol. The normalized spacial score (nSPS) is 12.1. The molecule has 1 atom stereocenters. The third-order valence-corrected chi connectivity index (χ3v) is 2.65. The Hall–Kier alpha value is -2.11. The van der Waals surface area contributed by atoms with Crippen LogP contribution >= 0.6 is 0 Å². The van der Waals surface area contributed by atoms with E-state index in [1.54, 1.807) is 26.2 Å². The van der Waals surface area contributed by atoms with Crippen LogP contribution < -0.4 is 5.32 Å². The molecule has 1 aromatic rings. The average Bonchev–Trinajstić information content (AvgIpc) is 2.34. The van der Waals surface area contributed by atoms with Crippen molar-refractivity contribution >= 4 is 17.7 Å². The standard InChI is InChI=1S/C13H19N3O3/c1-8(2)11(13(18)19)15-10-6-5-9(7-14-10)12(17)16(3)4/h5-8,11H,1-4H3,(H,14,15)(H,18,19). The Morgan fingerprint density at radius 3 is 2.32 bits per heavy atom. The molecule has 1 rings (SSSR count). The molecule has 0 saturated heterocycles. The van der Waals surface area contributed by atoms with Crippen molar-refractivity contribution in [2.75, 3.05) is 19.4 Å². The molecule has 0 fully saturated rings. The van der Waals surface area contributed by atoms with E-state index in [0.717, 1.165) is 0 Å². The van der Waals surface area contributed by atoms with Crippen LogP contribution in [-0.4, -0.2) is 47.0 Å². The lowest BCUT2D eigenvalue weighted by atomic mass is 10.1. The number of aromatic nitrogens is 1. The van der Waals surface area contributed by atoms with Crippen molar-refractivity contribution in [3.63, 3.8) is 0 Å².